The number of hydrogen-bond donors (Lipinski definition) is 1. The summed E-state index contributed by atoms with van der Waals surface area (Å²) in [6.07, 6.45) is 2.25. The molecule has 1 N–H and O–H groups in total. The first-order valence-electron chi connectivity index (χ1n) is 6.99. The van der Waals surface area contributed by atoms with Gasteiger partial charge in [0.25, 0.3) is 0 Å². The van der Waals surface area contributed by atoms with Crippen LogP contribution in [0.15, 0.2) is 30.6 Å². The first-order valence-corrected chi connectivity index (χ1v) is 7.36. The van der Waals surface area contributed by atoms with E-state index in [1.165, 1.54) is 6.33 Å². The van der Waals surface area contributed by atoms with Gasteiger partial charge in [-0.15, -0.1) is 0 Å². The average molecular weight is 306 g/mol. The lowest BCUT2D eigenvalue weighted by Crippen LogP contribution is -2.24. The Kier molecular flexibility index (Phi) is 5.53. The van der Waals surface area contributed by atoms with Gasteiger partial charge in [-0.2, -0.15) is 0 Å². The van der Waals surface area contributed by atoms with Crippen LogP contribution in [0.4, 0.5) is 0 Å². The number of methoxy groups -OCH3 is 1. The van der Waals surface area contributed by atoms with Crippen molar-refractivity contribution in [2.75, 3.05) is 13.7 Å². The quantitative estimate of drug-likeness (QED) is 0.889. The van der Waals surface area contributed by atoms with Crippen molar-refractivity contribution in [3.8, 4) is 5.88 Å². The van der Waals surface area contributed by atoms with Crippen LogP contribution < -0.4 is 10.1 Å². The number of hydrogen-bond acceptors (Lipinski definition) is 4. The van der Waals surface area contributed by atoms with E-state index in [-0.39, 0.29) is 6.04 Å². The van der Waals surface area contributed by atoms with Crippen LogP contribution in [0.1, 0.15) is 29.8 Å². The van der Waals surface area contributed by atoms with E-state index in [4.69, 9.17) is 16.3 Å². The fourth-order valence-corrected chi connectivity index (χ4v) is 2.54. The minimum Gasteiger partial charge on any atom is -0.481 e. The maximum Gasteiger partial charge on any atom is 0.216 e. The Morgan fingerprint density at radius 3 is 2.86 bits per heavy atom. The van der Waals surface area contributed by atoms with Gasteiger partial charge in [-0.3, -0.25) is 0 Å². The molecular formula is C16H20ClN3O. The lowest BCUT2D eigenvalue weighted by molar-refractivity contribution is 0.395. The molecule has 0 amide bonds. The van der Waals surface area contributed by atoms with Gasteiger partial charge in [0.05, 0.1) is 7.11 Å². The van der Waals surface area contributed by atoms with Gasteiger partial charge in [-0.05, 0) is 24.6 Å². The fourth-order valence-electron chi connectivity index (χ4n) is 2.29. The van der Waals surface area contributed by atoms with E-state index in [0.29, 0.717) is 5.88 Å². The van der Waals surface area contributed by atoms with E-state index in [2.05, 4.69) is 28.3 Å². The summed E-state index contributed by atoms with van der Waals surface area (Å²) >= 11 is 6.45. The number of aromatic nitrogens is 2. The zero-order chi connectivity index (χ0) is 15.2. The van der Waals surface area contributed by atoms with Crippen LogP contribution >= 0.6 is 11.6 Å². The van der Waals surface area contributed by atoms with Gasteiger partial charge in [-0.1, -0.05) is 36.7 Å². The molecule has 1 aromatic carbocycles. The third kappa shape index (κ3) is 3.93. The number of nitrogens with zero attached hydrogens (tertiary/aromatic N) is 2. The summed E-state index contributed by atoms with van der Waals surface area (Å²) in [4.78, 5) is 8.35. The Morgan fingerprint density at radius 2 is 2.14 bits per heavy atom. The van der Waals surface area contributed by atoms with Crippen LogP contribution in [0.3, 0.4) is 0 Å². The molecule has 1 atom stereocenters. The summed E-state index contributed by atoms with van der Waals surface area (Å²) < 4.78 is 5.15. The molecule has 0 spiro atoms. The van der Waals surface area contributed by atoms with Gasteiger partial charge in [0.2, 0.25) is 5.88 Å². The summed E-state index contributed by atoms with van der Waals surface area (Å²) in [6.45, 7) is 4.96. The van der Waals surface area contributed by atoms with Crippen LogP contribution in [-0.4, -0.2) is 23.6 Å². The van der Waals surface area contributed by atoms with Crippen molar-refractivity contribution < 1.29 is 4.74 Å². The van der Waals surface area contributed by atoms with Crippen LogP contribution in [0.5, 0.6) is 5.88 Å². The van der Waals surface area contributed by atoms with Crippen LogP contribution in [0.2, 0.25) is 5.02 Å². The molecule has 0 bridgehead atoms. The minimum atomic E-state index is 0.113. The van der Waals surface area contributed by atoms with E-state index < -0.39 is 0 Å². The summed E-state index contributed by atoms with van der Waals surface area (Å²) in [5.41, 5.74) is 3.10. The van der Waals surface area contributed by atoms with E-state index in [1.54, 1.807) is 7.11 Å². The Bertz CT molecular complexity index is 604. The van der Waals surface area contributed by atoms with Crippen LogP contribution in [0, 0.1) is 6.92 Å². The lowest BCUT2D eigenvalue weighted by atomic mass is 9.99. The first kappa shape index (κ1) is 15.7. The predicted molar refractivity (Wildman–Crippen MR) is 84.9 cm³/mol. The Hall–Kier alpha value is -1.65. The van der Waals surface area contributed by atoms with Crippen molar-refractivity contribution >= 4 is 11.6 Å². The molecule has 0 radical (unpaired) electrons. The third-order valence-corrected chi connectivity index (χ3v) is 3.88. The molecule has 0 saturated heterocycles. The summed E-state index contributed by atoms with van der Waals surface area (Å²) in [5.74, 6) is 0.575. The van der Waals surface area contributed by atoms with Crippen LogP contribution in [0.25, 0.3) is 0 Å². The SMILES string of the molecule is CCNC(Cc1cc(OC)ncn1)c1cccc(C)c1Cl. The highest BCUT2D eigenvalue weighted by atomic mass is 35.5. The van der Waals surface area contributed by atoms with Gasteiger partial charge >= 0.3 is 0 Å². The zero-order valence-corrected chi connectivity index (χ0v) is 13.3. The smallest absolute Gasteiger partial charge is 0.216 e. The highest BCUT2D eigenvalue weighted by molar-refractivity contribution is 6.32. The second-order valence-corrected chi connectivity index (χ2v) is 5.22. The maximum absolute atomic E-state index is 6.45. The minimum absolute atomic E-state index is 0.113. The Morgan fingerprint density at radius 1 is 1.33 bits per heavy atom. The molecule has 21 heavy (non-hydrogen) atoms. The van der Waals surface area contributed by atoms with Gasteiger partial charge in [0, 0.05) is 29.2 Å². The number of rotatable bonds is 6. The number of likely N-dealkylation sites (N-methyl/N-ethyl adjacent to an activating group) is 1. The summed E-state index contributed by atoms with van der Waals surface area (Å²) in [5, 5.41) is 4.28. The molecule has 112 valence electrons. The zero-order valence-electron chi connectivity index (χ0n) is 12.6. The highest BCUT2D eigenvalue weighted by Crippen LogP contribution is 2.28. The number of ether oxygens (including phenoxy) is 1. The fraction of sp³-hybridized carbons (Fsp3) is 0.375. The molecular weight excluding hydrogens is 286 g/mol. The predicted octanol–water partition coefficient (Wildman–Crippen LogP) is 3.34. The molecule has 2 rings (SSSR count). The Labute approximate surface area is 130 Å². The summed E-state index contributed by atoms with van der Waals surface area (Å²) in [7, 11) is 1.60. The molecule has 0 aliphatic rings. The Balaban J connectivity index is 2.28. The molecule has 0 saturated carbocycles. The van der Waals surface area contributed by atoms with Crippen molar-refractivity contribution in [3.05, 3.63) is 52.4 Å². The van der Waals surface area contributed by atoms with Crippen molar-refractivity contribution in [3.63, 3.8) is 0 Å². The van der Waals surface area contributed by atoms with E-state index >= 15 is 0 Å². The molecule has 4 nitrogen and oxygen atoms in total. The number of nitrogens with one attached hydrogen (secondary N) is 1. The van der Waals surface area contributed by atoms with Gasteiger partial charge in [-0.25, -0.2) is 9.97 Å². The number of benzene rings is 1. The molecule has 5 heteroatoms. The normalized spacial score (nSPS) is 12.2. The molecule has 0 fully saturated rings. The number of halogens is 1. The second kappa shape index (κ2) is 7.38. The monoisotopic (exact) mass is 305 g/mol. The van der Waals surface area contributed by atoms with E-state index in [1.807, 2.05) is 25.1 Å². The molecule has 1 heterocycles. The third-order valence-electron chi connectivity index (χ3n) is 3.37. The molecule has 1 aromatic heterocycles. The van der Waals surface area contributed by atoms with E-state index in [0.717, 1.165) is 34.8 Å². The average Bonchev–Trinajstić information content (AvgIpc) is 2.50. The van der Waals surface area contributed by atoms with Crippen molar-refractivity contribution in [2.24, 2.45) is 0 Å². The van der Waals surface area contributed by atoms with Gasteiger partial charge < -0.3 is 10.1 Å². The van der Waals surface area contributed by atoms with E-state index in [9.17, 15) is 0 Å². The molecule has 0 aliphatic heterocycles. The van der Waals surface area contributed by atoms with Crippen molar-refractivity contribution in [1.29, 1.82) is 0 Å². The highest BCUT2D eigenvalue weighted by Gasteiger charge is 2.16. The number of aryl methyl sites for hydroxylation is 1. The molecule has 1 unspecified atom stereocenters. The second-order valence-electron chi connectivity index (χ2n) is 4.84. The first-order chi connectivity index (χ1) is 10.2. The van der Waals surface area contributed by atoms with Gasteiger partial charge in [0.15, 0.2) is 0 Å². The lowest BCUT2D eigenvalue weighted by Gasteiger charge is -2.20. The summed E-state index contributed by atoms with van der Waals surface area (Å²) in [6, 6.07) is 8.07. The maximum atomic E-state index is 6.45. The van der Waals surface area contributed by atoms with Crippen molar-refractivity contribution in [2.45, 2.75) is 26.3 Å². The topological polar surface area (TPSA) is 47.0 Å². The van der Waals surface area contributed by atoms with Crippen LogP contribution in [-0.2, 0) is 6.42 Å². The van der Waals surface area contributed by atoms with Gasteiger partial charge in [0.1, 0.15) is 6.33 Å². The molecule has 2 aromatic rings. The van der Waals surface area contributed by atoms with Crippen molar-refractivity contribution in [1.82, 2.24) is 15.3 Å². The standard InChI is InChI=1S/C16H20ClN3O/c1-4-18-14(13-7-5-6-11(2)16(13)17)8-12-9-15(21-3)20-10-19-12/h5-7,9-10,14,18H,4,8H2,1-3H3. The molecule has 0 aliphatic carbocycles. The largest absolute Gasteiger partial charge is 0.481 e.